The van der Waals surface area contributed by atoms with Gasteiger partial charge in [0.15, 0.2) is 0 Å². The van der Waals surface area contributed by atoms with E-state index in [-0.39, 0.29) is 6.61 Å². The quantitative estimate of drug-likeness (QED) is 0.771. The molecule has 0 spiro atoms. The van der Waals surface area contributed by atoms with Crippen molar-refractivity contribution in [1.82, 2.24) is 9.78 Å². The summed E-state index contributed by atoms with van der Waals surface area (Å²) in [6.45, 7) is 10.7. The lowest BCUT2D eigenvalue weighted by molar-refractivity contribution is 0.281. The van der Waals surface area contributed by atoms with Gasteiger partial charge < -0.3 is 10.0 Å². The first-order valence-corrected chi connectivity index (χ1v) is 5.53. The molecule has 0 radical (unpaired) electrons. The van der Waals surface area contributed by atoms with Crippen molar-refractivity contribution in [2.24, 2.45) is 7.05 Å². The van der Waals surface area contributed by atoms with Crippen molar-refractivity contribution in [3.63, 3.8) is 0 Å². The molecule has 16 heavy (non-hydrogen) atoms. The Bertz CT molecular complexity index is 369. The zero-order valence-corrected chi connectivity index (χ0v) is 10.6. The molecule has 0 aliphatic carbocycles. The maximum atomic E-state index is 9.41. The van der Waals surface area contributed by atoms with Crippen molar-refractivity contribution in [3.05, 3.63) is 23.9 Å². The largest absolute Gasteiger partial charge is 0.391 e. The third kappa shape index (κ3) is 2.27. The van der Waals surface area contributed by atoms with Gasteiger partial charge in [0.1, 0.15) is 5.82 Å². The van der Waals surface area contributed by atoms with E-state index in [1.54, 1.807) is 0 Å². The van der Waals surface area contributed by atoms with Crippen LogP contribution in [0.2, 0.25) is 0 Å². The smallest absolute Gasteiger partial charge is 0.132 e. The number of aliphatic hydroxyl groups is 1. The maximum absolute atomic E-state index is 9.41. The molecule has 0 amide bonds. The number of hydrogen-bond donors (Lipinski definition) is 1. The monoisotopic (exact) mass is 223 g/mol. The van der Waals surface area contributed by atoms with E-state index in [0.717, 1.165) is 23.6 Å². The number of anilines is 1. The highest BCUT2D eigenvalue weighted by molar-refractivity contribution is 5.51. The van der Waals surface area contributed by atoms with Gasteiger partial charge >= 0.3 is 0 Å². The minimum atomic E-state index is 0.0232. The predicted octanol–water partition coefficient (Wildman–Crippen LogP) is 1.62. The van der Waals surface area contributed by atoms with Gasteiger partial charge in [0.25, 0.3) is 0 Å². The Labute approximate surface area is 97.2 Å². The summed E-state index contributed by atoms with van der Waals surface area (Å²) in [5.74, 6) is 0.981. The van der Waals surface area contributed by atoms with Crippen molar-refractivity contribution in [2.45, 2.75) is 33.4 Å². The fourth-order valence-electron chi connectivity index (χ4n) is 1.92. The molecule has 4 nitrogen and oxygen atoms in total. The van der Waals surface area contributed by atoms with Gasteiger partial charge in [0, 0.05) is 25.2 Å². The number of hydrogen-bond acceptors (Lipinski definition) is 3. The fourth-order valence-corrected chi connectivity index (χ4v) is 1.92. The first-order chi connectivity index (χ1) is 7.52. The average Bonchev–Trinajstić information content (AvgIpc) is 2.49. The molecule has 0 bridgehead atoms. The highest BCUT2D eigenvalue weighted by Gasteiger charge is 2.19. The molecule has 1 heterocycles. The van der Waals surface area contributed by atoms with E-state index in [0.29, 0.717) is 6.04 Å². The van der Waals surface area contributed by atoms with Crippen molar-refractivity contribution in [3.8, 4) is 0 Å². The summed E-state index contributed by atoms with van der Waals surface area (Å²) in [5.41, 5.74) is 1.78. The van der Waals surface area contributed by atoms with E-state index in [4.69, 9.17) is 0 Å². The zero-order chi connectivity index (χ0) is 12.3. The standard InChI is InChI=1S/C12H21N3O/c1-6-7-15(9(2)3)12-11(8-16)10(4)13-14(12)5/h6,9,16H,1,7-8H2,2-5H3. The summed E-state index contributed by atoms with van der Waals surface area (Å²) in [6.07, 6.45) is 1.86. The molecular weight excluding hydrogens is 202 g/mol. The zero-order valence-electron chi connectivity index (χ0n) is 10.6. The molecular formula is C12H21N3O. The Balaban J connectivity index is 3.21. The maximum Gasteiger partial charge on any atom is 0.132 e. The Morgan fingerprint density at radius 3 is 2.62 bits per heavy atom. The van der Waals surface area contributed by atoms with Crippen molar-refractivity contribution < 1.29 is 5.11 Å². The molecule has 1 N–H and O–H groups in total. The van der Waals surface area contributed by atoms with Gasteiger partial charge in [-0.3, -0.25) is 4.68 Å². The first-order valence-electron chi connectivity index (χ1n) is 5.53. The van der Waals surface area contributed by atoms with Crippen LogP contribution in [0.3, 0.4) is 0 Å². The Kier molecular flexibility index (Phi) is 4.12. The lowest BCUT2D eigenvalue weighted by Gasteiger charge is -2.28. The molecule has 0 saturated carbocycles. The van der Waals surface area contributed by atoms with Gasteiger partial charge in [0.2, 0.25) is 0 Å². The second-order valence-electron chi connectivity index (χ2n) is 4.20. The van der Waals surface area contributed by atoms with E-state index < -0.39 is 0 Å². The minimum absolute atomic E-state index is 0.0232. The van der Waals surface area contributed by atoms with Crippen molar-refractivity contribution in [2.75, 3.05) is 11.4 Å². The minimum Gasteiger partial charge on any atom is -0.391 e. The highest BCUT2D eigenvalue weighted by Crippen LogP contribution is 2.24. The predicted molar refractivity (Wildman–Crippen MR) is 66.5 cm³/mol. The molecule has 1 rings (SSSR count). The van der Waals surface area contributed by atoms with Crippen LogP contribution in [-0.4, -0.2) is 27.5 Å². The Morgan fingerprint density at radius 2 is 2.19 bits per heavy atom. The summed E-state index contributed by atoms with van der Waals surface area (Å²) in [6, 6.07) is 0.345. The Morgan fingerprint density at radius 1 is 1.56 bits per heavy atom. The summed E-state index contributed by atoms with van der Waals surface area (Å²) >= 11 is 0. The lowest BCUT2D eigenvalue weighted by atomic mass is 10.2. The average molecular weight is 223 g/mol. The second kappa shape index (κ2) is 5.16. The van der Waals surface area contributed by atoms with Crippen LogP contribution in [0.4, 0.5) is 5.82 Å². The second-order valence-corrected chi connectivity index (χ2v) is 4.20. The Hall–Kier alpha value is -1.29. The van der Waals surface area contributed by atoms with E-state index in [1.165, 1.54) is 0 Å². The van der Waals surface area contributed by atoms with Gasteiger partial charge in [-0.1, -0.05) is 6.08 Å². The molecule has 0 aliphatic heterocycles. The fraction of sp³-hybridized carbons (Fsp3) is 0.583. The topological polar surface area (TPSA) is 41.3 Å². The SMILES string of the molecule is C=CCN(c1c(CO)c(C)nn1C)C(C)C. The number of nitrogens with zero attached hydrogens (tertiary/aromatic N) is 3. The van der Waals surface area contributed by atoms with Gasteiger partial charge in [-0.2, -0.15) is 5.10 Å². The molecule has 1 aromatic rings. The van der Waals surface area contributed by atoms with Crippen LogP contribution in [0.15, 0.2) is 12.7 Å². The van der Waals surface area contributed by atoms with E-state index in [1.807, 2.05) is 24.7 Å². The van der Waals surface area contributed by atoms with Crippen LogP contribution in [0.5, 0.6) is 0 Å². The molecule has 0 saturated heterocycles. The van der Waals surface area contributed by atoms with Gasteiger partial charge in [-0.25, -0.2) is 0 Å². The van der Waals surface area contributed by atoms with Gasteiger partial charge in [-0.05, 0) is 20.8 Å². The molecule has 90 valence electrons. The van der Waals surface area contributed by atoms with Crippen molar-refractivity contribution >= 4 is 5.82 Å². The molecule has 0 fully saturated rings. The molecule has 1 aromatic heterocycles. The van der Waals surface area contributed by atoms with E-state index in [2.05, 4.69) is 30.4 Å². The van der Waals surface area contributed by atoms with E-state index >= 15 is 0 Å². The highest BCUT2D eigenvalue weighted by atomic mass is 16.3. The molecule has 0 atom stereocenters. The van der Waals surface area contributed by atoms with Crippen LogP contribution in [0.1, 0.15) is 25.1 Å². The molecule has 0 unspecified atom stereocenters. The number of aromatic nitrogens is 2. The molecule has 0 aliphatic rings. The summed E-state index contributed by atoms with van der Waals surface area (Å²) in [4.78, 5) is 2.18. The number of aliphatic hydroxyl groups excluding tert-OH is 1. The van der Waals surface area contributed by atoms with Crippen molar-refractivity contribution in [1.29, 1.82) is 0 Å². The third-order valence-corrected chi connectivity index (χ3v) is 2.69. The summed E-state index contributed by atoms with van der Waals surface area (Å²) in [5, 5.41) is 13.8. The molecule has 4 heteroatoms. The van der Waals surface area contributed by atoms with Crippen LogP contribution in [0.25, 0.3) is 0 Å². The van der Waals surface area contributed by atoms with Gasteiger partial charge in [0.05, 0.1) is 12.3 Å². The van der Waals surface area contributed by atoms with E-state index in [9.17, 15) is 5.11 Å². The number of rotatable bonds is 5. The van der Waals surface area contributed by atoms with Crippen LogP contribution < -0.4 is 4.90 Å². The summed E-state index contributed by atoms with van der Waals surface area (Å²) in [7, 11) is 1.90. The third-order valence-electron chi connectivity index (χ3n) is 2.69. The van der Waals surface area contributed by atoms with Crippen LogP contribution in [0, 0.1) is 6.92 Å². The first kappa shape index (κ1) is 12.8. The lowest BCUT2D eigenvalue weighted by Crippen LogP contribution is -2.33. The van der Waals surface area contributed by atoms with Crippen LogP contribution >= 0.6 is 0 Å². The normalized spacial score (nSPS) is 10.9. The van der Waals surface area contributed by atoms with Crippen LogP contribution in [-0.2, 0) is 13.7 Å². The number of aryl methyl sites for hydroxylation is 2. The molecule has 0 aromatic carbocycles. The summed E-state index contributed by atoms with van der Waals surface area (Å²) < 4.78 is 1.82. The van der Waals surface area contributed by atoms with Gasteiger partial charge in [-0.15, -0.1) is 6.58 Å².